The lowest BCUT2D eigenvalue weighted by molar-refractivity contribution is -0.150. The third kappa shape index (κ3) is 4.85. The predicted molar refractivity (Wildman–Crippen MR) is 99.0 cm³/mol. The molecule has 0 amide bonds. The highest BCUT2D eigenvalue weighted by Gasteiger charge is 2.36. The molecule has 0 spiro atoms. The number of ether oxygens (including phenoxy) is 1. The third-order valence-electron chi connectivity index (χ3n) is 5.17. The third-order valence-corrected chi connectivity index (χ3v) is 5.17. The van der Waals surface area contributed by atoms with Crippen LogP contribution in [0.4, 0.5) is 0 Å². The molecular formula is C20H27N3O3. The number of aliphatic carboxylic acids is 1. The molecule has 1 saturated heterocycles. The molecule has 0 bridgehead atoms. The number of likely N-dealkylation sites (tertiary alicyclic amines) is 1. The van der Waals surface area contributed by atoms with Crippen molar-refractivity contribution in [1.82, 2.24) is 14.5 Å². The van der Waals surface area contributed by atoms with Crippen molar-refractivity contribution >= 4 is 5.97 Å². The first-order valence-corrected chi connectivity index (χ1v) is 9.18. The molecule has 140 valence electrons. The minimum absolute atomic E-state index is 0.573. The van der Waals surface area contributed by atoms with E-state index in [1.165, 1.54) is 5.56 Å². The van der Waals surface area contributed by atoms with Gasteiger partial charge in [0, 0.05) is 25.5 Å². The number of hydrogen-bond donors (Lipinski definition) is 1. The lowest BCUT2D eigenvalue weighted by atomic mass is 9.80. The van der Waals surface area contributed by atoms with Crippen LogP contribution < -0.4 is 4.74 Å². The van der Waals surface area contributed by atoms with Gasteiger partial charge in [-0.1, -0.05) is 12.1 Å². The van der Waals surface area contributed by atoms with Gasteiger partial charge < -0.3 is 14.4 Å². The Labute approximate surface area is 154 Å². The summed E-state index contributed by atoms with van der Waals surface area (Å²) in [7, 11) is 0. The largest absolute Gasteiger partial charge is 0.494 e. The molecule has 26 heavy (non-hydrogen) atoms. The Kier molecular flexibility index (Phi) is 5.93. The normalized spacial score (nSPS) is 17.1. The molecular weight excluding hydrogens is 330 g/mol. The molecule has 1 aromatic carbocycles. The Balaban J connectivity index is 1.45. The Hall–Kier alpha value is -2.34. The zero-order valence-corrected chi connectivity index (χ0v) is 15.3. The second-order valence-corrected chi connectivity index (χ2v) is 7.29. The second-order valence-electron chi connectivity index (χ2n) is 7.29. The Morgan fingerprint density at radius 3 is 2.85 bits per heavy atom. The van der Waals surface area contributed by atoms with Crippen molar-refractivity contribution in [1.29, 1.82) is 0 Å². The van der Waals surface area contributed by atoms with E-state index in [9.17, 15) is 9.90 Å². The van der Waals surface area contributed by atoms with E-state index < -0.39 is 11.4 Å². The van der Waals surface area contributed by atoms with Crippen molar-refractivity contribution in [3.8, 4) is 5.75 Å². The number of rotatable bonds is 8. The minimum atomic E-state index is -0.678. The number of benzene rings is 1. The SMILES string of the molecule is CC1(C(=O)O)CCN(Cc2cccc(OCCCn3ccnc3)c2)CC1. The molecule has 2 heterocycles. The van der Waals surface area contributed by atoms with Crippen LogP contribution in [0, 0.1) is 5.41 Å². The summed E-state index contributed by atoms with van der Waals surface area (Å²) in [6, 6.07) is 8.19. The van der Waals surface area contributed by atoms with Gasteiger partial charge in [-0.2, -0.15) is 0 Å². The number of carboxylic acids is 1. The predicted octanol–water partition coefficient (Wildman–Crippen LogP) is 3.04. The van der Waals surface area contributed by atoms with E-state index >= 15 is 0 Å². The monoisotopic (exact) mass is 357 g/mol. The van der Waals surface area contributed by atoms with E-state index in [0.29, 0.717) is 19.4 Å². The smallest absolute Gasteiger partial charge is 0.309 e. The van der Waals surface area contributed by atoms with E-state index in [-0.39, 0.29) is 0 Å². The molecule has 0 aliphatic carbocycles. The van der Waals surface area contributed by atoms with Crippen LogP contribution in [-0.4, -0.2) is 45.2 Å². The summed E-state index contributed by atoms with van der Waals surface area (Å²) in [6.45, 7) is 5.89. The Bertz CT molecular complexity index is 707. The molecule has 1 aromatic heterocycles. The van der Waals surface area contributed by atoms with Crippen molar-refractivity contribution in [3.63, 3.8) is 0 Å². The molecule has 2 aromatic rings. The topological polar surface area (TPSA) is 67.6 Å². The van der Waals surface area contributed by atoms with Gasteiger partial charge in [-0.25, -0.2) is 4.98 Å². The number of nitrogens with zero attached hydrogens (tertiary/aromatic N) is 3. The first-order valence-electron chi connectivity index (χ1n) is 9.18. The zero-order chi connectivity index (χ0) is 18.4. The number of imidazole rings is 1. The van der Waals surface area contributed by atoms with E-state index in [0.717, 1.165) is 38.3 Å². The van der Waals surface area contributed by atoms with Gasteiger partial charge in [0.25, 0.3) is 0 Å². The highest BCUT2D eigenvalue weighted by atomic mass is 16.5. The molecule has 1 aliphatic heterocycles. The van der Waals surface area contributed by atoms with E-state index in [2.05, 4.69) is 22.0 Å². The highest BCUT2D eigenvalue weighted by molar-refractivity contribution is 5.74. The molecule has 0 unspecified atom stereocenters. The van der Waals surface area contributed by atoms with Crippen LogP contribution in [-0.2, 0) is 17.9 Å². The summed E-state index contributed by atoms with van der Waals surface area (Å²) < 4.78 is 7.91. The molecule has 0 radical (unpaired) electrons. The standard InChI is InChI=1S/C20H27N3O3/c1-20(19(24)25)6-10-22(11-7-20)15-17-4-2-5-18(14-17)26-13-3-9-23-12-8-21-16-23/h2,4-5,8,12,14,16H,3,6-7,9-11,13,15H2,1H3,(H,24,25). The molecule has 1 fully saturated rings. The maximum Gasteiger partial charge on any atom is 0.309 e. The van der Waals surface area contributed by atoms with Crippen LogP contribution in [0.15, 0.2) is 43.0 Å². The summed E-state index contributed by atoms with van der Waals surface area (Å²) >= 11 is 0. The van der Waals surface area contributed by atoms with Crippen molar-refractivity contribution in [3.05, 3.63) is 48.5 Å². The fourth-order valence-corrected chi connectivity index (χ4v) is 3.27. The molecule has 0 atom stereocenters. The van der Waals surface area contributed by atoms with Gasteiger partial charge in [0.1, 0.15) is 5.75 Å². The minimum Gasteiger partial charge on any atom is -0.494 e. The van der Waals surface area contributed by atoms with Crippen LogP contribution in [0.25, 0.3) is 0 Å². The van der Waals surface area contributed by atoms with Gasteiger partial charge in [0.2, 0.25) is 0 Å². The maximum atomic E-state index is 11.3. The van der Waals surface area contributed by atoms with Gasteiger partial charge in [0.05, 0.1) is 18.3 Å². The second kappa shape index (κ2) is 8.36. The number of carboxylic acid groups (broad SMARTS) is 1. The molecule has 1 N–H and O–H groups in total. The van der Waals surface area contributed by atoms with Crippen LogP contribution in [0.5, 0.6) is 5.75 Å². The van der Waals surface area contributed by atoms with Crippen molar-refractivity contribution in [2.45, 2.75) is 39.3 Å². The van der Waals surface area contributed by atoms with E-state index in [1.54, 1.807) is 6.20 Å². The average molecular weight is 357 g/mol. The molecule has 6 nitrogen and oxygen atoms in total. The summed E-state index contributed by atoms with van der Waals surface area (Å²) in [5.74, 6) is 0.212. The lowest BCUT2D eigenvalue weighted by Gasteiger charge is -2.36. The van der Waals surface area contributed by atoms with Crippen molar-refractivity contribution < 1.29 is 14.6 Å². The number of carbonyl (C=O) groups is 1. The van der Waals surface area contributed by atoms with Crippen molar-refractivity contribution in [2.75, 3.05) is 19.7 Å². The number of aromatic nitrogens is 2. The molecule has 6 heteroatoms. The fourth-order valence-electron chi connectivity index (χ4n) is 3.27. The van der Waals surface area contributed by atoms with Crippen molar-refractivity contribution in [2.24, 2.45) is 5.41 Å². The summed E-state index contributed by atoms with van der Waals surface area (Å²) in [6.07, 6.45) is 7.88. The van der Waals surface area contributed by atoms with Gasteiger partial charge in [-0.3, -0.25) is 9.69 Å². The van der Waals surface area contributed by atoms with Crippen LogP contribution in [0.1, 0.15) is 31.7 Å². The Morgan fingerprint density at radius 1 is 1.35 bits per heavy atom. The highest BCUT2D eigenvalue weighted by Crippen LogP contribution is 2.31. The lowest BCUT2D eigenvalue weighted by Crippen LogP contribution is -2.42. The molecule has 3 rings (SSSR count). The maximum absolute atomic E-state index is 11.3. The number of aryl methyl sites for hydroxylation is 1. The summed E-state index contributed by atoms with van der Waals surface area (Å²) in [4.78, 5) is 17.7. The average Bonchev–Trinajstić information content (AvgIpc) is 3.15. The first-order chi connectivity index (χ1) is 12.5. The van der Waals surface area contributed by atoms with Gasteiger partial charge in [-0.15, -0.1) is 0 Å². The first kappa shape index (κ1) is 18.5. The summed E-state index contributed by atoms with van der Waals surface area (Å²) in [5, 5.41) is 9.33. The molecule has 1 aliphatic rings. The number of hydrogen-bond acceptors (Lipinski definition) is 4. The summed E-state index contributed by atoms with van der Waals surface area (Å²) in [5.41, 5.74) is 0.632. The van der Waals surface area contributed by atoms with Crippen LogP contribution in [0.2, 0.25) is 0 Å². The molecule has 0 saturated carbocycles. The van der Waals surface area contributed by atoms with Gasteiger partial charge in [0.15, 0.2) is 0 Å². The van der Waals surface area contributed by atoms with Gasteiger partial charge in [-0.05, 0) is 57.0 Å². The van der Waals surface area contributed by atoms with E-state index in [1.807, 2.05) is 36.1 Å². The van der Waals surface area contributed by atoms with Gasteiger partial charge >= 0.3 is 5.97 Å². The van der Waals surface area contributed by atoms with Crippen LogP contribution in [0.3, 0.4) is 0 Å². The van der Waals surface area contributed by atoms with E-state index in [4.69, 9.17) is 4.74 Å². The fraction of sp³-hybridized carbons (Fsp3) is 0.500. The van der Waals surface area contributed by atoms with Crippen LogP contribution >= 0.6 is 0 Å². The number of piperidine rings is 1. The zero-order valence-electron chi connectivity index (χ0n) is 15.3. The quantitative estimate of drug-likeness (QED) is 0.736. The Morgan fingerprint density at radius 2 is 2.15 bits per heavy atom.